The Labute approximate surface area is 53.5 Å². The molecule has 0 aliphatic rings. The maximum absolute atomic E-state index is 10.3. The number of allylic oxidation sites excluding steroid dienone is 1. The van der Waals surface area contributed by atoms with Crippen LogP contribution in [0.25, 0.3) is 0 Å². The van der Waals surface area contributed by atoms with Gasteiger partial charge in [0.15, 0.2) is 0 Å². The van der Waals surface area contributed by atoms with E-state index in [4.69, 9.17) is 5.73 Å². The summed E-state index contributed by atoms with van der Waals surface area (Å²) >= 11 is 0. The van der Waals surface area contributed by atoms with Gasteiger partial charge in [0.25, 0.3) is 0 Å². The summed E-state index contributed by atoms with van der Waals surface area (Å²) < 4.78 is 0. The van der Waals surface area contributed by atoms with Gasteiger partial charge < -0.3 is 5.73 Å². The first-order valence-corrected chi connectivity index (χ1v) is 2.52. The molecule has 1 amide bonds. The Hall–Kier alpha value is -1.12. The molecule has 0 saturated carbocycles. The molecule has 9 heavy (non-hydrogen) atoms. The van der Waals surface area contributed by atoms with Crippen LogP contribution in [0.5, 0.6) is 0 Å². The van der Waals surface area contributed by atoms with Crippen molar-refractivity contribution < 1.29 is 9.59 Å². The van der Waals surface area contributed by atoms with E-state index in [1.165, 1.54) is 6.92 Å². The number of carbonyl (C=O) groups excluding carboxylic acids is 2. The lowest BCUT2D eigenvalue weighted by atomic mass is 10.2. The van der Waals surface area contributed by atoms with E-state index in [1.54, 1.807) is 6.92 Å². The zero-order valence-electron chi connectivity index (χ0n) is 5.47. The first-order chi connectivity index (χ1) is 4.09. The number of primary amides is 1. The number of rotatable bonds is 2. The molecule has 0 unspecified atom stereocenters. The van der Waals surface area contributed by atoms with Gasteiger partial charge in [-0.15, -0.1) is 0 Å². The van der Waals surface area contributed by atoms with E-state index in [-0.39, 0.29) is 0 Å². The fourth-order valence-corrected chi connectivity index (χ4v) is 0.283. The van der Waals surface area contributed by atoms with E-state index >= 15 is 0 Å². The van der Waals surface area contributed by atoms with Gasteiger partial charge in [0, 0.05) is 5.57 Å². The van der Waals surface area contributed by atoms with Gasteiger partial charge in [-0.3, -0.25) is 9.59 Å². The third kappa shape index (κ3) is 2.08. The minimum Gasteiger partial charge on any atom is -0.366 e. The fraction of sp³-hybridized carbons (Fsp3) is 0.333. The predicted octanol–water partition coefficient (Wildman–Crippen LogP) is 0.00700. The van der Waals surface area contributed by atoms with Gasteiger partial charge in [-0.1, -0.05) is 0 Å². The minimum absolute atomic E-state index is 0.324. The van der Waals surface area contributed by atoms with E-state index in [0.717, 1.165) is 0 Å². The second-order valence-corrected chi connectivity index (χ2v) is 1.79. The van der Waals surface area contributed by atoms with Gasteiger partial charge in [-0.2, -0.15) is 0 Å². The van der Waals surface area contributed by atoms with Crippen LogP contribution in [0.1, 0.15) is 13.8 Å². The van der Waals surface area contributed by atoms with Gasteiger partial charge in [-0.25, -0.2) is 0 Å². The van der Waals surface area contributed by atoms with E-state index in [0.29, 0.717) is 17.4 Å². The Morgan fingerprint density at radius 2 is 1.89 bits per heavy atom. The number of amides is 1. The zero-order chi connectivity index (χ0) is 7.44. The maximum atomic E-state index is 10.3. The summed E-state index contributed by atoms with van der Waals surface area (Å²) in [6.45, 7) is 3.07. The molecule has 0 saturated heterocycles. The Morgan fingerprint density at radius 3 is 2.00 bits per heavy atom. The zero-order valence-corrected chi connectivity index (χ0v) is 5.47. The van der Waals surface area contributed by atoms with E-state index in [9.17, 15) is 9.59 Å². The van der Waals surface area contributed by atoms with Gasteiger partial charge >= 0.3 is 0 Å². The highest BCUT2D eigenvalue weighted by molar-refractivity contribution is 5.96. The predicted molar refractivity (Wildman–Crippen MR) is 33.6 cm³/mol. The van der Waals surface area contributed by atoms with Crippen LogP contribution in [-0.4, -0.2) is 12.2 Å². The summed E-state index contributed by atoms with van der Waals surface area (Å²) in [4.78, 5) is 20.3. The Kier molecular flexibility index (Phi) is 2.64. The van der Waals surface area contributed by atoms with Gasteiger partial charge in [-0.05, 0) is 19.4 Å². The number of hydrogen-bond donors (Lipinski definition) is 1. The third-order valence-corrected chi connectivity index (χ3v) is 1.14. The van der Waals surface area contributed by atoms with Gasteiger partial charge in [0.1, 0.15) is 6.29 Å². The molecule has 0 heterocycles. The molecule has 3 heteroatoms. The minimum atomic E-state index is -0.542. The van der Waals surface area contributed by atoms with Gasteiger partial charge in [0.05, 0.1) is 0 Å². The van der Waals surface area contributed by atoms with E-state index in [2.05, 4.69) is 0 Å². The highest BCUT2D eigenvalue weighted by atomic mass is 16.1. The number of nitrogens with two attached hydrogens (primary N) is 1. The van der Waals surface area contributed by atoms with Crippen molar-refractivity contribution in [3.63, 3.8) is 0 Å². The highest BCUT2D eigenvalue weighted by Crippen LogP contribution is 1.97. The monoisotopic (exact) mass is 127 g/mol. The van der Waals surface area contributed by atoms with Crippen LogP contribution in [0.2, 0.25) is 0 Å². The second-order valence-electron chi connectivity index (χ2n) is 1.79. The van der Waals surface area contributed by atoms with Crippen molar-refractivity contribution in [2.45, 2.75) is 13.8 Å². The molecule has 0 aromatic heterocycles. The average molecular weight is 127 g/mol. The van der Waals surface area contributed by atoms with Crippen molar-refractivity contribution in [3.05, 3.63) is 11.1 Å². The van der Waals surface area contributed by atoms with Crippen LogP contribution in [0, 0.1) is 0 Å². The van der Waals surface area contributed by atoms with Gasteiger partial charge in [0.2, 0.25) is 5.91 Å². The molecular formula is C6H9NO2. The largest absolute Gasteiger partial charge is 0.366 e. The molecule has 0 rings (SSSR count). The number of carbonyl (C=O) groups is 2. The number of aldehydes is 1. The molecule has 0 fully saturated rings. The normalized spacial score (nSPS) is 12.2. The quantitative estimate of drug-likeness (QED) is 0.419. The van der Waals surface area contributed by atoms with Crippen molar-refractivity contribution in [1.82, 2.24) is 0 Å². The first kappa shape index (κ1) is 7.88. The molecule has 0 bridgehead atoms. The lowest BCUT2D eigenvalue weighted by Crippen LogP contribution is -2.13. The molecule has 0 atom stereocenters. The summed E-state index contributed by atoms with van der Waals surface area (Å²) in [6, 6.07) is 0. The van der Waals surface area contributed by atoms with Crippen molar-refractivity contribution >= 4 is 12.2 Å². The molecule has 3 nitrogen and oxygen atoms in total. The third-order valence-electron chi connectivity index (χ3n) is 1.14. The Bertz CT molecular complexity index is 170. The van der Waals surface area contributed by atoms with Crippen molar-refractivity contribution in [2.24, 2.45) is 5.73 Å². The lowest BCUT2D eigenvalue weighted by molar-refractivity contribution is -0.115. The summed E-state index contributed by atoms with van der Waals surface area (Å²) in [7, 11) is 0. The smallest absolute Gasteiger partial charge is 0.244 e. The summed E-state index contributed by atoms with van der Waals surface area (Å²) in [5.74, 6) is -0.542. The van der Waals surface area contributed by atoms with Crippen molar-refractivity contribution in [2.75, 3.05) is 0 Å². The molecule has 0 aromatic rings. The van der Waals surface area contributed by atoms with Crippen LogP contribution in [0.4, 0.5) is 0 Å². The summed E-state index contributed by atoms with van der Waals surface area (Å²) in [5, 5.41) is 0. The molecule has 2 N–H and O–H groups in total. The molecule has 0 radical (unpaired) electrons. The highest BCUT2D eigenvalue weighted by Gasteiger charge is 1.99. The lowest BCUT2D eigenvalue weighted by Gasteiger charge is -1.93. The van der Waals surface area contributed by atoms with E-state index < -0.39 is 5.91 Å². The molecule has 0 aromatic carbocycles. The van der Waals surface area contributed by atoms with Crippen molar-refractivity contribution in [3.8, 4) is 0 Å². The Morgan fingerprint density at radius 1 is 1.44 bits per heavy atom. The molecule has 0 aliphatic heterocycles. The molecule has 0 aliphatic carbocycles. The first-order valence-electron chi connectivity index (χ1n) is 2.52. The van der Waals surface area contributed by atoms with Crippen molar-refractivity contribution in [1.29, 1.82) is 0 Å². The summed E-state index contributed by atoms with van der Waals surface area (Å²) in [5.41, 5.74) is 5.57. The van der Waals surface area contributed by atoms with Crippen LogP contribution in [0.3, 0.4) is 0 Å². The van der Waals surface area contributed by atoms with Crippen LogP contribution in [-0.2, 0) is 9.59 Å². The molecular weight excluding hydrogens is 118 g/mol. The topological polar surface area (TPSA) is 60.2 Å². The number of hydrogen-bond acceptors (Lipinski definition) is 2. The molecule has 0 spiro atoms. The average Bonchev–Trinajstić information content (AvgIpc) is 1.84. The van der Waals surface area contributed by atoms with Crippen LogP contribution in [0.15, 0.2) is 11.1 Å². The second kappa shape index (κ2) is 3.02. The van der Waals surface area contributed by atoms with Crippen LogP contribution >= 0.6 is 0 Å². The summed E-state index contributed by atoms with van der Waals surface area (Å²) in [6.07, 6.45) is 0.611. The maximum Gasteiger partial charge on any atom is 0.244 e. The Balaban J connectivity index is 4.47. The van der Waals surface area contributed by atoms with Crippen LogP contribution < -0.4 is 5.73 Å². The fourth-order valence-electron chi connectivity index (χ4n) is 0.283. The standard InChI is InChI=1S/C6H9NO2/c1-4(3-8)5(2)6(7)9/h3H,1-2H3,(H2,7,9)/b5-4-. The SMILES string of the molecule is C/C(C=O)=C(\C)C(N)=O. The molecule has 50 valence electrons. The van der Waals surface area contributed by atoms with E-state index in [1.807, 2.05) is 0 Å².